The highest BCUT2D eigenvalue weighted by molar-refractivity contribution is 5.70. The molecule has 0 saturated carbocycles. The van der Waals surface area contributed by atoms with Crippen LogP contribution in [0, 0.1) is 0 Å². The average molecular weight is 599 g/mol. The Morgan fingerprint density at radius 2 is 1.07 bits per heavy atom. The molecule has 0 fully saturated rings. The van der Waals surface area contributed by atoms with Crippen LogP contribution in [-0.4, -0.2) is 104 Å². The topological polar surface area (TPSA) is 178 Å². The zero-order valence-corrected chi connectivity index (χ0v) is 25.7. The quantitative estimate of drug-likeness (QED) is 0.0720. The number of ether oxygens (including phenoxy) is 5. The van der Waals surface area contributed by atoms with Crippen molar-refractivity contribution in [3.8, 4) is 0 Å². The van der Waals surface area contributed by atoms with Crippen molar-refractivity contribution in [2.45, 2.75) is 110 Å². The molecule has 0 amide bonds. The van der Waals surface area contributed by atoms with E-state index in [2.05, 4.69) is 11.7 Å². The third-order valence-electron chi connectivity index (χ3n) is 4.92. The Bertz CT molecular complexity index is 536. The minimum absolute atomic E-state index is 0.0206. The van der Waals surface area contributed by atoms with Crippen molar-refractivity contribution in [2.75, 3.05) is 59.5 Å². The van der Waals surface area contributed by atoms with E-state index in [1.165, 1.54) is 12.8 Å². The summed E-state index contributed by atoms with van der Waals surface area (Å²) < 4.78 is 24.1. The molecule has 12 nitrogen and oxygen atoms in total. The van der Waals surface area contributed by atoms with Gasteiger partial charge in [0.1, 0.15) is 6.61 Å². The molecule has 12 heteroatoms. The van der Waals surface area contributed by atoms with Crippen LogP contribution in [0.2, 0.25) is 0 Å². The summed E-state index contributed by atoms with van der Waals surface area (Å²) in [4.78, 5) is 33.1. The van der Waals surface area contributed by atoms with E-state index in [9.17, 15) is 14.4 Å². The number of aliphatic hydroxyl groups excluding tert-OH is 4. The first-order valence-electron chi connectivity index (χ1n) is 15.0. The van der Waals surface area contributed by atoms with Crippen molar-refractivity contribution >= 4 is 18.1 Å². The smallest absolute Gasteiger partial charge is 0.466 e. The molecule has 1 unspecified atom stereocenters. The largest absolute Gasteiger partial charge is 0.508 e. The van der Waals surface area contributed by atoms with Gasteiger partial charge in [0.05, 0.1) is 52.4 Å². The second-order valence-electron chi connectivity index (χ2n) is 9.16. The van der Waals surface area contributed by atoms with E-state index in [4.69, 9.17) is 39.4 Å². The number of aliphatic hydroxyl groups is 4. The lowest BCUT2D eigenvalue weighted by Crippen LogP contribution is -2.12. The van der Waals surface area contributed by atoms with Crippen LogP contribution >= 0.6 is 0 Å². The van der Waals surface area contributed by atoms with Crippen molar-refractivity contribution in [1.82, 2.24) is 0 Å². The van der Waals surface area contributed by atoms with Crippen LogP contribution in [0.25, 0.3) is 0 Å². The SMILES string of the molecule is CC(O)COCCO.CCCCCCOC(=O)OCCCCCCO.CCCOC(=O)CCCCC(=O)OCCO. The molecule has 246 valence electrons. The maximum Gasteiger partial charge on any atom is 0.508 e. The third kappa shape index (κ3) is 45.2. The Morgan fingerprint density at radius 1 is 0.561 bits per heavy atom. The normalized spacial score (nSPS) is 10.8. The fraction of sp³-hybridized carbons (Fsp3) is 0.897. The van der Waals surface area contributed by atoms with E-state index in [0.717, 1.165) is 44.9 Å². The maximum atomic E-state index is 11.1. The summed E-state index contributed by atoms with van der Waals surface area (Å²) in [6.45, 7) is 7.80. The lowest BCUT2D eigenvalue weighted by Gasteiger charge is -2.05. The van der Waals surface area contributed by atoms with Gasteiger partial charge in [0.2, 0.25) is 0 Å². The van der Waals surface area contributed by atoms with Gasteiger partial charge in [-0.1, -0.05) is 39.5 Å². The monoisotopic (exact) mass is 598 g/mol. The molecule has 0 aromatic rings. The van der Waals surface area contributed by atoms with Gasteiger partial charge < -0.3 is 44.1 Å². The number of carbonyl (C=O) groups excluding carboxylic acids is 3. The van der Waals surface area contributed by atoms with Crippen molar-refractivity contribution in [2.24, 2.45) is 0 Å². The van der Waals surface area contributed by atoms with E-state index in [0.29, 0.717) is 52.3 Å². The highest BCUT2D eigenvalue weighted by Gasteiger charge is 2.05. The van der Waals surface area contributed by atoms with Gasteiger partial charge in [0.25, 0.3) is 0 Å². The van der Waals surface area contributed by atoms with Crippen LogP contribution in [0.4, 0.5) is 4.79 Å². The van der Waals surface area contributed by atoms with E-state index in [-0.39, 0.29) is 44.8 Å². The van der Waals surface area contributed by atoms with Gasteiger partial charge in [-0.05, 0) is 51.9 Å². The molecule has 0 saturated heterocycles. The van der Waals surface area contributed by atoms with Crippen molar-refractivity contribution < 1.29 is 58.5 Å². The van der Waals surface area contributed by atoms with E-state index < -0.39 is 12.3 Å². The first kappa shape index (κ1) is 43.5. The predicted octanol–water partition coefficient (Wildman–Crippen LogP) is 3.68. The lowest BCUT2D eigenvalue weighted by atomic mass is 10.2. The number of carbonyl (C=O) groups is 3. The molecule has 0 aromatic carbocycles. The Kier molecular flexibility index (Phi) is 40.3. The Morgan fingerprint density at radius 3 is 1.54 bits per heavy atom. The summed E-state index contributed by atoms with van der Waals surface area (Å²) in [7, 11) is 0. The van der Waals surface area contributed by atoms with Crippen LogP contribution < -0.4 is 0 Å². The van der Waals surface area contributed by atoms with Gasteiger partial charge in [-0.2, -0.15) is 0 Å². The molecule has 0 aliphatic carbocycles. The van der Waals surface area contributed by atoms with Gasteiger partial charge in [0.15, 0.2) is 0 Å². The summed E-state index contributed by atoms with van der Waals surface area (Å²) in [5.41, 5.74) is 0. The highest BCUT2D eigenvalue weighted by Crippen LogP contribution is 2.04. The number of hydrogen-bond donors (Lipinski definition) is 4. The van der Waals surface area contributed by atoms with E-state index in [1.54, 1.807) is 6.92 Å². The lowest BCUT2D eigenvalue weighted by molar-refractivity contribution is -0.146. The van der Waals surface area contributed by atoms with Gasteiger partial charge in [-0.3, -0.25) is 9.59 Å². The molecule has 0 radical (unpaired) electrons. The molecule has 4 N–H and O–H groups in total. The highest BCUT2D eigenvalue weighted by atomic mass is 16.7. The van der Waals surface area contributed by atoms with Crippen LogP contribution in [-0.2, 0) is 33.3 Å². The van der Waals surface area contributed by atoms with E-state index in [1.807, 2.05) is 6.92 Å². The molecular weight excluding hydrogens is 540 g/mol. The number of esters is 2. The van der Waals surface area contributed by atoms with Gasteiger partial charge >= 0.3 is 18.1 Å². The molecule has 0 aliphatic rings. The van der Waals surface area contributed by atoms with Gasteiger partial charge in [-0.25, -0.2) is 4.79 Å². The summed E-state index contributed by atoms with van der Waals surface area (Å²) in [6.07, 6.45) is 9.68. The fourth-order valence-corrected chi connectivity index (χ4v) is 2.83. The third-order valence-corrected chi connectivity index (χ3v) is 4.92. The maximum absolute atomic E-state index is 11.1. The second-order valence-corrected chi connectivity index (χ2v) is 9.16. The van der Waals surface area contributed by atoms with Crippen molar-refractivity contribution in [3.63, 3.8) is 0 Å². The van der Waals surface area contributed by atoms with Crippen molar-refractivity contribution in [1.29, 1.82) is 0 Å². The second kappa shape index (κ2) is 38.0. The summed E-state index contributed by atoms with van der Waals surface area (Å²) in [5, 5.41) is 33.7. The fourth-order valence-electron chi connectivity index (χ4n) is 2.83. The van der Waals surface area contributed by atoms with Gasteiger partial charge in [0, 0.05) is 19.4 Å². The summed E-state index contributed by atoms with van der Waals surface area (Å²) >= 11 is 0. The molecule has 0 aliphatic heterocycles. The zero-order valence-electron chi connectivity index (χ0n) is 25.7. The van der Waals surface area contributed by atoms with E-state index >= 15 is 0 Å². The number of unbranched alkanes of at least 4 members (excludes halogenated alkanes) is 7. The first-order chi connectivity index (χ1) is 19.8. The Hall–Kier alpha value is -1.99. The Balaban J connectivity index is -0.000000562. The minimum Gasteiger partial charge on any atom is -0.466 e. The number of hydrogen-bond acceptors (Lipinski definition) is 12. The van der Waals surface area contributed by atoms with Crippen LogP contribution in [0.15, 0.2) is 0 Å². The molecule has 0 rings (SSSR count). The van der Waals surface area contributed by atoms with Crippen LogP contribution in [0.1, 0.15) is 104 Å². The standard InChI is InChI=1S/C13H26O4.C11H20O5.C5H12O3/c1-2-3-4-8-11-16-13(15)17-12-9-6-5-7-10-14;1-2-8-15-10(13)5-3-4-6-11(14)16-9-7-12;1-5(7)4-8-3-2-6/h14H,2-12H2,1H3;12H,2-9H2,1H3;5-7H,2-4H2,1H3. The molecule has 41 heavy (non-hydrogen) atoms. The summed E-state index contributed by atoms with van der Waals surface area (Å²) in [6, 6.07) is 0. The summed E-state index contributed by atoms with van der Waals surface area (Å²) in [5.74, 6) is -0.554. The first-order valence-corrected chi connectivity index (χ1v) is 15.0. The Labute approximate surface area is 246 Å². The minimum atomic E-state index is -0.552. The predicted molar refractivity (Wildman–Crippen MR) is 154 cm³/mol. The van der Waals surface area contributed by atoms with Crippen LogP contribution in [0.5, 0.6) is 0 Å². The average Bonchev–Trinajstić information content (AvgIpc) is 2.95. The zero-order chi connectivity index (χ0) is 31.4. The molecule has 0 bridgehead atoms. The molecule has 0 aromatic heterocycles. The molecule has 0 spiro atoms. The van der Waals surface area contributed by atoms with Gasteiger partial charge in [-0.15, -0.1) is 0 Å². The van der Waals surface area contributed by atoms with Crippen LogP contribution in [0.3, 0.4) is 0 Å². The molecule has 1 atom stereocenters. The molecule has 0 heterocycles. The van der Waals surface area contributed by atoms with Crippen molar-refractivity contribution in [3.05, 3.63) is 0 Å². The molecular formula is C29H58O12. The number of rotatable bonds is 24.